The maximum Gasteiger partial charge on any atom is 0.407 e. The molecule has 1 aromatic heterocycles. The molecular formula is C21H39IN6O3. The number of aromatic nitrogens is 1. The summed E-state index contributed by atoms with van der Waals surface area (Å²) in [5.41, 5.74) is 0.466. The SMILES string of the molecule is CCCC(CNC(=NC)N1CCN(Cc2cc(C)on2)CC1)NC(=O)OC(C)(C)C.I. The van der Waals surface area contributed by atoms with Crippen LogP contribution in [0.25, 0.3) is 0 Å². The number of carbonyl (C=O) groups is 1. The number of aliphatic imine (C=N–C) groups is 1. The summed E-state index contributed by atoms with van der Waals surface area (Å²) in [4.78, 5) is 21.2. The summed E-state index contributed by atoms with van der Waals surface area (Å²) in [5.74, 6) is 1.70. The summed E-state index contributed by atoms with van der Waals surface area (Å²) in [6.07, 6.45) is 1.46. The second-order valence-corrected chi connectivity index (χ2v) is 8.75. The van der Waals surface area contributed by atoms with Crippen molar-refractivity contribution in [3.05, 3.63) is 17.5 Å². The Morgan fingerprint density at radius 1 is 1.32 bits per heavy atom. The second-order valence-electron chi connectivity index (χ2n) is 8.75. The van der Waals surface area contributed by atoms with Gasteiger partial charge in [0.2, 0.25) is 0 Å². The van der Waals surface area contributed by atoms with Gasteiger partial charge in [-0.05, 0) is 34.1 Å². The van der Waals surface area contributed by atoms with Crippen LogP contribution in [0.3, 0.4) is 0 Å². The number of ether oxygens (including phenoxy) is 1. The van der Waals surface area contributed by atoms with Crippen molar-refractivity contribution >= 4 is 36.0 Å². The summed E-state index contributed by atoms with van der Waals surface area (Å²) in [5, 5.41) is 10.5. The van der Waals surface area contributed by atoms with Crippen molar-refractivity contribution in [3.8, 4) is 0 Å². The molecule has 0 bridgehead atoms. The Hall–Kier alpha value is -1.56. The molecule has 9 nitrogen and oxygen atoms in total. The third-order valence-electron chi connectivity index (χ3n) is 4.81. The molecule has 2 heterocycles. The Balaban J connectivity index is 0.00000480. The molecule has 0 aromatic carbocycles. The molecule has 0 saturated carbocycles. The number of carbonyl (C=O) groups excluding carboxylic acids is 1. The number of guanidine groups is 1. The Bertz CT molecular complexity index is 696. The minimum Gasteiger partial charge on any atom is -0.444 e. The molecule has 0 radical (unpaired) electrons. The fourth-order valence-corrected chi connectivity index (χ4v) is 3.43. The van der Waals surface area contributed by atoms with Crippen LogP contribution >= 0.6 is 24.0 Å². The van der Waals surface area contributed by atoms with Crippen molar-refractivity contribution in [3.63, 3.8) is 0 Å². The smallest absolute Gasteiger partial charge is 0.407 e. The Kier molecular flexibility index (Phi) is 11.6. The molecule has 31 heavy (non-hydrogen) atoms. The van der Waals surface area contributed by atoms with Crippen LogP contribution < -0.4 is 10.6 Å². The predicted octanol–water partition coefficient (Wildman–Crippen LogP) is 2.99. The van der Waals surface area contributed by atoms with Crippen LogP contribution in [-0.4, -0.2) is 78.4 Å². The van der Waals surface area contributed by atoms with Gasteiger partial charge in [0.1, 0.15) is 11.4 Å². The van der Waals surface area contributed by atoms with E-state index >= 15 is 0 Å². The summed E-state index contributed by atoms with van der Waals surface area (Å²) >= 11 is 0. The van der Waals surface area contributed by atoms with Gasteiger partial charge in [0.15, 0.2) is 5.96 Å². The van der Waals surface area contributed by atoms with E-state index in [1.165, 1.54) is 0 Å². The highest BCUT2D eigenvalue weighted by atomic mass is 127. The highest BCUT2D eigenvalue weighted by Gasteiger charge is 2.22. The lowest BCUT2D eigenvalue weighted by Gasteiger charge is -2.36. The number of nitrogens with one attached hydrogen (secondary N) is 2. The normalized spacial score (nSPS) is 16.5. The maximum absolute atomic E-state index is 12.1. The van der Waals surface area contributed by atoms with E-state index in [9.17, 15) is 4.79 Å². The molecule has 1 saturated heterocycles. The fourth-order valence-electron chi connectivity index (χ4n) is 3.43. The van der Waals surface area contributed by atoms with Crippen LogP contribution in [0.5, 0.6) is 0 Å². The number of alkyl carbamates (subject to hydrolysis) is 1. The van der Waals surface area contributed by atoms with E-state index in [-0.39, 0.29) is 36.1 Å². The minimum absolute atomic E-state index is 0. The first-order valence-electron chi connectivity index (χ1n) is 10.8. The van der Waals surface area contributed by atoms with Crippen molar-refractivity contribution in [1.82, 2.24) is 25.6 Å². The van der Waals surface area contributed by atoms with Crippen molar-refractivity contribution in [1.29, 1.82) is 0 Å². The topological polar surface area (TPSA) is 95.2 Å². The molecule has 2 rings (SSSR count). The molecule has 1 unspecified atom stereocenters. The van der Waals surface area contributed by atoms with E-state index in [0.717, 1.165) is 63.0 Å². The molecule has 1 fully saturated rings. The minimum atomic E-state index is -0.505. The number of nitrogens with zero attached hydrogens (tertiary/aromatic N) is 4. The van der Waals surface area contributed by atoms with E-state index in [1.54, 1.807) is 7.05 Å². The summed E-state index contributed by atoms with van der Waals surface area (Å²) in [7, 11) is 1.79. The number of halogens is 1. The Labute approximate surface area is 203 Å². The lowest BCUT2D eigenvalue weighted by molar-refractivity contribution is 0.0502. The standard InChI is InChI=1S/C21H38N6O3.HI/c1-7-8-17(24-20(28)29-21(3,4)5)14-23-19(22-6)27-11-9-26(10-12-27)15-18-13-16(2)30-25-18;/h13,17H,7-12,14-15H2,1-6H3,(H,22,23)(H,24,28);1H. The van der Waals surface area contributed by atoms with Gasteiger partial charge in [0, 0.05) is 58.4 Å². The number of piperazine rings is 1. The Morgan fingerprint density at radius 2 is 2.00 bits per heavy atom. The van der Waals surface area contributed by atoms with Gasteiger partial charge in [-0.3, -0.25) is 9.89 Å². The van der Waals surface area contributed by atoms with Crippen molar-refractivity contribution < 1.29 is 14.1 Å². The summed E-state index contributed by atoms with van der Waals surface area (Å²) < 4.78 is 10.5. The number of rotatable bonds is 7. The van der Waals surface area contributed by atoms with E-state index in [0.29, 0.717) is 6.54 Å². The third kappa shape index (κ3) is 10.1. The molecule has 1 aromatic rings. The number of hydrogen-bond donors (Lipinski definition) is 2. The first-order valence-corrected chi connectivity index (χ1v) is 10.8. The van der Waals surface area contributed by atoms with Crippen LogP contribution in [0, 0.1) is 6.92 Å². The van der Waals surface area contributed by atoms with E-state index in [1.807, 2.05) is 33.8 Å². The zero-order valence-electron chi connectivity index (χ0n) is 19.7. The first-order chi connectivity index (χ1) is 14.2. The van der Waals surface area contributed by atoms with Crippen molar-refractivity contribution in [2.45, 2.75) is 65.6 Å². The molecule has 1 atom stereocenters. The number of aryl methyl sites for hydroxylation is 1. The van der Waals surface area contributed by atoms with Gasteiger partial charge < -0.3 is 24.8 Å². The van der Waals surface area contributed by atoms with Crippen LogP contribution in [0.1, 0.15) is 52.0 Å². The number of amides is 1. The average Bonchev–Trinajstić information content (AvgIpc) is 3.06. The van der Waals surface area contributed by atoms with Gasteiger partial charge >= 0.3 is 6.09 Å². The molecule has 10 heteroatoms. The van der Waals surface area contributed by atoms with Crippen LogP contribution in [0.15, 0.2) is 15.6 Å². The monoisotopic (exact) mass is 550 g/mol. The second kappa shape index (κ2) is 13.1. The lowest BCUT2D eigenvalue weighted by atomic mass is 10.1. The first kappa shape index (κ1) is 27.5. The molecule has 0 aliphatic carbocycles. The molecule has 178 valence electrons. The third-order valence-corrected chi connectivity index (χ3v) is 4.81. The zero-order chi connectivity index (χ0) is 22.1. The van der Waals surface area contributed by atoms with Crippen molar-refractivity contribution in [2.75, 3.05) is 39.8 Å². The summed E-state index contributed by atoms with van der Waals surface area (Å²) in [6.45, 7) is 14.7. The molecule has 0 spiro atoms. The average molecular weight is 550 g/mol. The van der Waals surface area contributed by atoms with Gasteiger partial charge in [0.25, 0.3) is 0 Å². The number of hydrogen-bond acceptors (Lipinski definition) is 6. The maximum atomic E-state index is 12.1. The van der Waals surface area contributed by atoms with Crippen LogP contribution in [-0.2, 0) is 11.3 Å². The quantitative estimate of drug-likeness (QED) is 0.306. The van der Waals surface area contributed by atoms with E-state index in [2.05, 4.69) is 37.5 Å². The fraction of sp³-hybridized carbons (Fsp3) is 0.762. The molecule has 1 aliphatic rings. The Morgan fingerprint density at radius 3 is 2.52 bits per heavy atom. The molecule has 1 amide bonds. The van der Waals surface area contributed by atoms with Gasteiger partial charge in [-0.25, -0.2) is 4.79 Å². The highest BCUT2D eigenvalue weighted by Crippen LogP contribution is 2.10. The van der Waals surface area contributed by atoms with Crippen LogP contribution in [0.4, 0.5) is 4.79 Å². The van der Waals surface area contributed by atoms with Crippen molar-refractivity contribution in [2.24, 2.45) is 4.99 Å². The van der Waals surface area contributed by atoms with Gasteiger partial charge in [0.05, 0.1) is 5.69 Å². The van der Waals surface area contributed by atoms with Gasteiger partial charge in [-0.2, -0.15) is 0 Å². The summed E-state index contributed by atoms with van der Waals surface area (Å²) in [6, 6.07) is 1.97. The van der Waals surface area contributed by atoms with Crippen LogP contribution in [0.2, 0.25) is 0 Å². The highest BCUT2D eigenvalue weighted by molar-refractivity contribution is 14.0. The largest absolute Gasteiger partial charge is 0.444 e. The molecule has 1 aliphatic heterocycles. The predicted molar refractivity (Wildman–Crippen MR) is 133 cm³/mol. The van der Waals surface area contributed by atoms with E-state index < -0.39 is 5.60 Å². The molecule has 2 N–H and O–H groups in total. The molecular weight excluding hydrogens is 511 g/mol. The van der Waals surface area contributed by atoms with Gasteiger partial charge in [-0.1, -0.05) is 18.5 Å². The lowest BCUT2D eigenvalue weighted by Crippen LogP contribution is -2.54. The van der Waals surface area contributed by atoms with E-state index in [4.69, 9.17) is 9.26 Å². The van der Waals surface area contributed by atoms with Gasteiger partial charge in [-0.15, -0.1) is 24.0 Å². The zero-order valence-corrected chi connectivity index (χ0v) is 22.1.